The minimum atomic E-state index is -1.71. The van der Waals surface area contributed by atoms with Crippen molar-refractivity contribution in [1.29, 1.82) is 0 Å². The third-order valence-electron chi connectivity index (χ3n) is 12.3. The number of allylic oxidation sites excluding steroid dienone is 3. The zero-order valence-corrected chi connectivity index (χ0v) is 23.4. The first kappa shape index (κ1) is 26.4. The molecule has 0 aromatic rings. The van der Waals surface area contributed by atoms with Gasteiger partial charge < -0.3 is 14.6 Å². The number of ether oxygens (including phenoxy) is 1. The van der Waals surface area contributed by atoms with Crippen LogP contribution in [-0.4, -0.2) is 35.4 Å². The van der Waals surface area contributed by atoms with Crippen molar-refractivity contribution in [2.24, 2.45) is 44.8 Å². The average molecular weight is 508 g/mol. The second-order valence-electron chi connectivity index (χ2n) is 14.1. The summed E-state index contributed by atoms with van der Waals surface area (Å²) < 4.78 is 5.33. The van der Waals surface area contributed by atoms with Crippen molar-refractivity contribution < 1.29 is 24.2 Å². The predicted molar refractivity (Wildman–Crippen MR) is 139 cm³/mol. The van der Waals surface area contributed by atoms with Crippen LogP contribution < -0.4 is 0 Å². The lowest BCUT2D eigenvalue weighted by atomic mass is 9.33. The Balaban J connectivity index is 1.74. The van der Waals surface area contributed by atoms with Crippen LogP contribution in [0, 0.1) is 51.4 Å². The maximum atomic E-state index is 14.4. The molecule has 0 aromatic heterocycles. The molecule has 0 spiro atoms. The van der Waals surface area contributed by atoms with E-state index in [9.17, 15) is 19.5 Å². The van der Waals surface area contributed by atoms with Gasteiger partial charge in [0.2, 0.25) is 5.70 Å². The maximum Gasteiger partial charge on any atom is 0.312 e. The molecule has 5 aliphatic carbocycles. The molecule has 0 unspecified atom stereocenters. The Morgan fingerprint density at radius 3 is 2.35 bits per heavy atom. The lowest BCUT2D eigenvalue weighted by Crippen LogP contribution is -2.74. The maximum absolute atomic E-state index is 14.4. The van der Waals surface area contributed by atoms with Gasteiger partial charge in [-0.15, -0.1) is 0 Å². The van der Waals surface area contributed by atoms with Crippen LogP contribution in [0.5, 0.6) is 0 Å². The van der Waals surface area contributed by atoms with Gasteiger partial charge in [-0.2, -0.15) is 0 Å². The molecule has 0 aliphatic heterocycles. The predicted octanol–water partition coefficient (Wildman–Crippen LogP) is 5.46. The van der Waals surface area contributed by atoms with E-state index in [4.69, 9.17) is 11.3 Å². The van der Waals surface area contributed by atoms with Gasteiger partial charge in [0.1, 0.15) is 5.60 Å². The van der Waals surface area contributed by atoms with E-state index in [1.54, 1.807) is 6.08 Å². The van der Waals surface area contributed by atoms with E-state index in [0.717, 1.165) is 24.8 Å². The molecular weight excluding hydrogens is 466 g/mol. The van der Waals surface area contributed by atoms with Crippen molar-refractivity contribution in [3.8, 4) is 0 Å². The molecule has 6 heteroatoms. The first-order chi connectivity index (χ1) is 17.1. The van der Waals surface area contributed by atoms with Gasteiger partial charge >= 0.3 is 5.97 Å². The molecule has 0 heterocycles. The number of rotatable bonds is 1. The minimum Gasteiger partial charge on any atom is -0.469 e. The molecule has 0 bridgehead atoms. The topological polar surface area (TPSA) is 85.0 Å². The second kappa shape index (κ2) is 7.65. The highest BCUT2D eigenvalue weighted by Gasteiger charge is 2.76. The number of carbonyl (C=O) groups is 3. The van der Waals surface area contributed by atoms with Gasteiger partial charge in [-0.3, -0.25) is 9.59 Å². The van der Waals surface area contributed by atoms with Crippen LogP contribution in [0.2, 0.25) is 0 Å². The molecule has 0 amide bonds. The molecular formula is C31H41NO5. The largest absolute Gasteiger partial charge is 0.469 e. The molecule has 6 nitrogen and oxygen atoms in total. The Hall–Kier alpha value is -2.26. The number of nitrogens with zero attached hydrogens (tertiary/aromatic N) is 1. The summed E-state index contributed by atoms with van der Waals surface area (Å²) in [7, 11) is 1.41. The van der Waals surface area contributed by atoms with E-state index in [1.165, 1.54) is 7.11 Å². The summed E-state index contributed by atoms with van der Waals surface area (Å²) in [6.07, 6.45) is 8.11. The number of methoxy groups -OCH3 is 1. The van der Waals surface area contributed by atoms with Gasteiger partial charge in [0.15, 0.2) is 11.6 Å². The van der Waals surface area contributed by atoms with E-state index in [0.29, 0.717) is 25.7 Å². The number of hydrogen-bond donors (Lipinski definition) is 1. The lowest BCUT2D eigenvalue weighted by molar-refractivity contribution is -0.247. The normalized spacial score (nSPS) is 48.2. The highest BCUT2D eigenvalue weighted by molar-refractivity contribution is 6.03. The molecule has 1 N–H and O–H groups in total. The summed E-state index contributed by atoms with van der Waals surface area (Å²) in [5.41, 5.74) is -3.57. The Kier molecular flexibility index (Phi) is 5.45. The standard InChI is InChI=1S/C31H41NO5/c1-18-19-9-10-28(5)21(27(19,4)16-20(32-7)24(18)34)15-23(33)31(36)22-17-26(2,3)11-13-30(22,25(35)37-8)14-12-29(28,31)6/h15-16,18-19,22,36H,9-14,17H2,1-6,8H3/t18-,19-,22+,27-,28+,29-,30-,31+/m0/s1. The summed E-state index contributed by atoms with van der Waals surface area (Å²) in [5.74, 6) is -1.59. The molecule has 0 saturated heterocycles. The first-order valence-corrected chi connectivity index (χ1v) is 13.8. The summed E-state index contributed by atoms with van der Waals surface area (Å²) >= 11 is 0. The third kappa shape index (κ3) is 2.93. The molecule has 0 radical (unpaired) electrons. The molecule has 3 fully saturated rings. The van der Waals surface area contributed by atoms with Crippen LogP contribution in [0.25, 0.3) is 4.85 Å². The number of fused-ring (bicyclic) bond motifs is 7. The Morgan fingerprint density at radius 2 is 1.73 bits per heavy atom. The second-order valence-corrected chi connectivity index (χ2v) is 14.1. The van der Waals surface area contributed by atoms with Crippen LogP contribution in [-0.2, 0) is 19.1 Å². The van der Waals surface area contributed by atoms with Gasteiger partial charge in [0.05, 0.1) is 19.1 Å². The third-order valence-corrected chi connectivity index (χ3v) is 12.3. The van der Waals surface area contributed by atoms with Crippen LogP contribution in [0.3, 0.4) is 0 Å². The monoisotopic (exact) mass is 507 g/mol. The quantitative estimate of drug-likeness (QED) is 0.376. The van der Waals surface area contributed by atoms with E-state index in [1.807, 2.05) is 13.0 Å². The van der Waals surface area contributed by atoms with Gasteiger partial charge in [-0.25, -0.2) is 4.85 Å². The lowest BCUT2D eigenvalue weighted by Gasteiger charge is -2.70. The van der Waals surface area contributed by atoms with Gasteiger partial charge in [-0.1, -0.05) is 53.2 Å². The molecule has 3 saturated carbocycles. The number of Topliss-reactive ketones (excluding diaryl/α,β-unsaturated/α-hetero) is 1. The molecule has 8 atom stereocenters. The number of hydrogen-bond acceptors (Lipinski definition) is 5. The Bertz CT molecular complexity index is 1210. The van der Waals surface area contributed by atoms with Crippen LogP contribution in [0.1, 0.15) is 86.5 Å². The number of carbonyl (C=O) groups excluding carboxylic acids is 3. The van der Waals surface area contributed by atoms with Crippen molar-refractivity contribution in [2.75, 3.05) is 7.11 Å². The fourth-order valence-electron chi connectivity index (χ4n) is 9.78. The van der Waals surface area contributed by atoms with Crippen molar-refractivity contribution in [3.63, 3.8) is 0 Å². The number of esters is 1. The zero-order chi connectivity index (χ0) is 27.4. The van der Waals surface area contributed by atoms with Crippen molar-refractivity contribution in [1.82, 2.24) is 0 Å². The van der Waals surface area contributed by atoms with E-state index < -0.39 is 33.2 Å². The number of aliphatic hydroxyl groups is 1. The van der Waals surface area contributed by atoms with E-state index in [-0.39, 0.29) is 40.5 Å². The van der Waals surface area contributed by atoms with Crippen LogP contribution in [0.4, 0.5) is 0 Å². The summed E-state index contributed by atoms with van der Waals surface area (Å²) in [4.78, 5) is 44.2. The Morgan fingerprint density at radius 1 is 1.08 bits per heavy atom. The SMILES string of the molecule is [C-]#[N+]C1=C[C@]2(C)C3=CC(=O)[C@]4(O)[C@@H]5CC(C)(C)CC[C@]5(C(=O)OC)CC[C@@]4(C)[C@]3(C)CC[C@H]2[C@H](C)C1=O. The molecule has 5 aliphatic rings. The summed E-state index contributed by atoms with van der Waals surface area (Å²) in [6.45, 7) is 20.1. The molecule has 200 valence electrons. The van der Waals surface area contributed by atoms with Gasteiger partial charge in [-0.05, 0) is 67.8 Å². The van der Waals surface area contributed by atoms with Crippen LogP contribution >= 0.6 is 0 Å². The van der Waals surface area contributed by atoms with Gasteiger partial charge in [0, 0.05) is 22.7 Å². The fourth-order valence-corrected chi connectivity index (χ4v) is 9.78. The highest BCUT2D eigenvalue weighted by Crippen LogP contribution is 2.75. The molecule has 37 heavy (non-hydrogen) atoms. The summed E-state index contributed by atoms with van der Waals surface area (Å²) in [5, 5.41) is 12.8. The highest BCUT2D eigenvalue weighted by atomic mass is 16.5. The van der Waals surface area contributed by atoms with Crippen molar-refractivity contribution >= 4 is 17.5 Å². The summed E-state index contributed by atoms with van der Waals surface area (Å²) in [6, 6.07) is 0. The van der Waals surface area contributed by atoms with Gasteiger partial charge in [0.25, 0.3) is 0 Å². The van der Waals surface area contributed by atoms with E-state index >= 15 is 0 Å². The molecule has 0 aromatic carbocycles. The zero-order valence-electron chi connectivity index (χ0n) is 23.4. The first-order valence-electron chi connectivity index (χ1n) is 13.8. The average Bonchev–Trinajstić information content (AvgIpc) is 2.84. The molecule has 5 rings (SSSR count). The van der Waals surface area contributed by atoms with Crippen LogP contribution in [0.15, 0.2) is 23.4 Å². The smallest absolute Gasteiger partial charge is 0.312 e. The van der Waals surface area contributed by atoms with Crippen molar-refractivity contribution in [2.45, 2.75) is 92.1 Å². The number of ketones is 2. The minimum absolute atomic E-state index is 0.00113. The Labute approximate surface area is 220 Å². The fraction of sp³-hybridized carbons (Fsp3) is 0.742. The van der Waals surface area contributed by atoms with E-state index in [2.05, 4.69) is 39.5 Å². The van der Waals surface area contributed by atoms with Crippen molar-refractivity contribution in [3.05, 3.63) is 34.8 Å².